The molecule has 0 fully saturated rings. The number of rotatable bonds is 4. The van der Waals surface area contributed by atoms with E-state index in [1.807, 2.05) is 42.5 Å². The highest BCUT2D eigenvalue weighted by Gasteiger charge is 2.07. The van der Waals surface area contributed by atoms with Crippen molar-refractivity contribution < 1.29 is 9.53 Å². The van der Waals surface area contributed by atoms with Gasteiger partial charge in [-0.3, -0.25) is 4.79 Å². The summed E-state index contributed by atoms with van der Waals surface area (Å²) >= 11 is 6.87. The predicted octanol–water partition coefficient (Wildman–Crippen LogP) is 4.49. The number of hydrogen-bond acceptors (Lipinski definition) is 2. The molecule has 0 unspecified atom stereocenters. The lowest BCUT2D eigenvalue weighted by Crippen LogP contribution is -2.21. The molecule has 0 N–H and O–H groups in total. The molecule has 0 radical (unpaired) electrons. The van der Waals surface area contributed by atoms with E-state index in [1.165, 1.54) is 0 Å². The van der Waals surface area contributed by atoms with Crippen molar-refractivity contribution in [3.8, 4) is 5.75 Å². The van der Waals surface area contributed by atoms with Crippen LogP contribution in [-0.4, -0.2) is 24.9 Å². The van der Waals surface area contributed by atoms with Crippen LogP contribution in [0.2, 0.25) is 0 Å². The van der Waals surface area contributed by atoms with E-state index in [9.17, 15) is 4.79 Å². The van der Waals surface area contributed by atoms with Crippen LogP contribution in [0.4, 0.5) is 0 Å². The first-order valence-corrected chi connectivity index (χ1v) is 7.94. The first kappa shape index (κ1) is 16.0. The zero-order valence-electron chi connectivity index (χ0n) is 11.8. The fourth-order valence-electron chi connectivity index (χ4n) is 1.76. The quantitative estimate of drug-likeness (QED) is 0.740. The van der Waals surface area contributed by atoms with Crippen LogP contribution < -0.4 is 4.74 Å². The van der Waals surface area contributed by atoms with Gasteiger partial charge in [-0.1, -0.05) is 28.1 Å². The summed E-state index contributed by atoms with van der Waals surface area (Å²) in [5.41, 5.74) is 1.69. The molecule has 3 nitrogen and oxygen atoms in total. The first-order chi connectivity index (χ1) is 9.97. The first-order valence-electron chi connectivity index (χ1n) is 6.36. The average Bonchev–Trinajstić information content (AvgIpc) is 2.46. The molecule has 0 spiro atoms. The van der Waals surface area contributed by atoms with E-state index < -0.39 is 0 Å². The molecule has 2 aromatic carbocycles. The molecule has 110 valence electrons. The van der Waals surface area contributed by atoms with E-state index in [0.29, 0.717) is 12.2 Å². The van der Waals surface area contributed by atoms with Crippen molar-refractivity contribution in [2.75, 3.05) is 14.1 Å². The molecule has 2 aromatic rings. The molecular weight excluding hydrogens is 398 g/mol. The highest BCUT2D eigenvalue weighted by molar-refractivity contribution is 9.11. The van der Waals surface area contributed by atoms with Gasteiger partial charge in [-0.25, -0.2) is 0 Å². The van der Waals surface area contributed by atoms with Gasteiger partial charge in [0.05, 0.1) is 4.47 Å². The average molecular weight is 413 g/mol. The minimum Gasteiger partial charge on any atom is -0.488 e. The van der Waals surface area contributed by atoms with Crippen LogP contribution in [0, 0.1) is 0 Å². The largest absolute Gasteiger partial charge is 0.488 e. The highest BCUT2D eigenvalue weighted by Crippen LogP contribution is 2.28. The van der Waals surface area contributed by atoms with Gasteiger partial charge in [0.1, 0.15) is 12.4 Å². The Labute approximate surface area is 141 Å². The summed E-state index contributed by atoms with van der Waals surface area (Å²) in [7, 11) is 3.48. The summed E-state index contributed by atoms with van der Waals surface area (Å²) < 4.78 is 7.66. The fourth-order valence-corrected chi connectivity index (χ4v) is 2.92. The van der Waals surface area contributed by atoms with Crippen molar-refractivity contribution in [1.29, 1.82) is 0 Å². The Kier molecular flexibility index (Phi) is 5.42. The summed E-state index contributed by atoms with van der Waals surface area (Å²) in [4.78, 5) is 13.4. The maximum absolute atomic E-state index is 11.8. The normalized spacial score (nSPS) is 10.3. The molecule has 0 saturated carbocycles. The van der Waals surface area contributed by atoms with Crippen molar-refractivity contribution in [3.63, 3.8) is 0 Å². The topological polar surface area (TPSA) is 29.5 Å². The molecule has 5 heteroatoms. The standard InChI is InChI=1S/C16H15Br2NO2/c1-19(2)16(20)12-5-3-11(4-6-12)10-21-15-8-7-13(17)9-14(15)18/h3-9H,10H2,1-2H3. The van der Waals surface area contributed by atoms with Crippen molar-refractivity contribution in [3.05, 3.63) is 62.5 Å². The van der Waals surface area contributed by atoms with Gasteiger partial charge in [0.25, 0.3) is 5.91 Å². The van der Waals surface area contributed by atoms with Gasteiger partial charge in [0.15, 0.2) is 0 Å². The summed E-state index contributed by atoms with van der Waals surface area (Å²) in [5, 5.41) is 0. The van der Waals surface area contributed by atoms with E-state index in [4.69, 9.17) is 4.74 Å². The summed E-state index contributed by atoms with van der Waals surface area (Å²) in [6.07, 6.45) is 0. The number of nitrogens with zero attached hydrogens (tertiary/aromatic N) is 1. The van der Waals surface area contributed by atoms with E-state index in [1.54, 1.807) is 19.0 Å². The summed E-state index contributed by atoms with van der Waals surface area (Å²) in [6.45, 7) is 0.455. The second-order valence-electron chi connectivity index (χ2n) is 4.76. The molecule has 0 bridgehead atoms. The van der Waals surface area contributed by atoms with Crippen LogP contribution in [0.3, 0.4) is 0 Å². The zero-order valence-corrected chi connectivity index (χ0v) is 14.9. The smallest absolute Gasteiger partial charge is 0.253 e. The lowest BCUT2D eigenvalue weighted by Gasteiger charge is -2.11. The maximum Gasteiger partial charge on any atom is 0.253 e. The van der Waals surface area contributed by atoms with Gasteiger partial charge >= 0.3 is 0 Å². The number of halogens is 2. The van der Waals surface area contributed by atoms with Crippen LogP contribution in [-0.2, 0) is 6.61 Å². The maximum atomic E-state index is 11.8. The lowest BCUT2D eigenvalue weighted by molar-refractivity contribution is 0.0827. The van der Waals surface area contributed by atoms with E-state index in [2.05, 4.69) is 31.9 Å². The zero-order chi connectivity index (χ0) is 15.4. The third kappa shape index (κ3) is 4.32. The molecule has 0 aliphatic rings. The van der Waals surface area contributed by atoms with Crippen molar-refractivity contribution >= 4 is 37.8 Å². The molecule has 0 saturated heterocycles. The Balaban J connectivity index is 2.02. The second kappa shape index (κ2) is 7.09. The van der Waals surface area contributed by atoms with Crippen LogP contribution in [0.25, 0.3) is 0 Å². The number of carbonyl (C=O) groups is 1. The van der Waals surface area contributed by atoms with Crippen molar-refractivity contribution in [1.82, 2.24) is 4.90 Å². The van der Waals surface area contributed by atoms with Gasteiger partial charge < -0.3 is 9.64 Å². The van der Waals surface area contributed by atoms with Gasteiger partial charge in [-0.2, -0.15) is 0 Å². The second-order valence-corrected chi connectivity index (χ2v) is 6.53. The third-order valence-electron chi connectivity index (χ3n) is 2.90. The molecule has 1 amide bonds. The van der Waals surface area contributed by atoms with Gasteiger partial charge in [0, 0.05) is 24.1 Å². The number of hydrogen-bond donors (Lipinski definition) is 0. The molecule has 0 aliphatic heterocycles. The monoisotopic (exact) mass is 411 g/mol. The van der Waals surface area contributed by atoms with Crippen molar-refractivity contribution in [2.45, 2.75) is 6.61 Å². The SMILES string of the molecule is CN(C)C(=O)c1ccc(COc2ccc(Br)cc2Br)cc1. The van der Waals surface area contributed by atoms with Crippen LogP contribution in [0.15, 0.2) is 51.4 Å². The molecule has 0 aliphatic carbocycles. The molecular formula is C16H15Br2NO2. The number of carbonyl (C=O) groups excluding carboxylic acids is 1. The Morgan fingerprint density at radius 2 is 1.76 bits per heavy atom. The minimum atomic E-state index is -0.00174. The molecule has 2 rings (SSSR count). The van der Waals surface area contributed by atoms with Gasteiger partial charge in [-0.05, 0) is 51.8 Å². The Hall–Kier alpha value is -1.33. The molecule has 0 heterocycles. The summed E-state index contributed by atoms with van der Waals surface area (Å²) in [5.74, 6) is 0.782. The third-order valence-corrected chi connectivity index (χ3v) is 4.01. The predicted molar refractivity (Wildman–Crippen MR) is 90.6 cm³/mol. The lowest BCUT2D eigenvalue weighted by atomic mass is 10.1. The van der Waals surface area contributed by atoms with E-state index in [0.717, 1.165) is 20.3 Å². The molecule has 0 aromatic heterocycles. The van der Waals surface area contributed by atoms with Crippen LogP contribution >= 0.6 is 31.9 Å². The molecule has 0 atom stereocenters. The van der Waals surface area contributed by atoms with E-state index in [-0.39, 0.29) is 5.91 Å². The number of benzene rings is 2. The summed E-state index contributed by atoms with van der Waals surface area (Å²) in [6, 6.07) is 13.2. The fraction of sp³-hybridized carbons (Fsp3) is 0.188. The van der Waals surface area contributed by atoms with Gasteiger partial charge in [-0.15, -0.1) is 0 Å². The Morgan fingerprint density at radius 3 is 2.33 bits per heavy atom. The van der Waals surface area contributed by atoms with Gasteiger partial charge in [0.2, 0.25) is 0 Å². The number of amides is 1. The van der Waals surface area contributed by atoms with Crippen molar-refractivity contribution in [2.24, 2.45) is 0 Å². The minimum absolute atomic E-state index is 0.00174. The molecule has 21 heavy (non-hydrogen) atoms. The Morgan fingerprint density at radius 1 is 1.10 bits per heavy atom. The van der Waals surface area contributed by atoms with E-state index >= 15 is 0 Å². The highest BCUT2D eigenvalue weighted by atomic mass is 79.9. The Bertz CT molecular complexity index is 639. The number of ether oxygens (including phenoxy) is 1. The van der Waals surface area contributed by atoms with Crippen LogP contribution in [0.1, 0.15) is 15.9 Å². The van der Waals surface area contributed by atoms with Crippen LogP contribution in [0.5, 0.6) is 5.75 Å².